The Morgan fingerprint density at radius 2 is 1.57 bits per heavy atom. The molecule has 0 radical (unpaired) electrons. The van der Waals surface area contributed by atoms with Crippen molar-refractivity contribution in [2.45, 2.75) is 17.2 Å². The molecule has 8 nitrogen and oxygen atoms in total. The summed E-state index contributed by atoms with van der Waals surface area (Å²) in [6, 6.07) is 17.8. The zero-order chi connectivity index (χ0) is 25.0. The van der Waals surface area contributed by atoms with Crippen LogP contribution in [0.3, 0.4) is 0 Å². The van der Waals surface area contributed by atoms with Gasteiger partial charge in [-0.1, -0.05) is 42.0 Å². The molecule has 2 heterocycles. The van der Waals surface area contributed by atoms with Crippen molar-refractivity contribution in [2.75, 3.05) is 26.2 Å². The molecule has 0 spiro atoms. The Hall–Kier alpha value is -3.50. The van der Waals surface area contributed by atoms with Crippen LogP contribution in [0.5, 0.6) is 0 Å². The Labute approximate surface area is 208 Å². The Morgan fingerprint density at radius 3 is 2.20 bits per heavy atom. The zero-order valence-electron chi connectivity index (χ0n) is 19.1. The highest BCUT2D eigenvalue weighted by Crippen LogP contribution is 2.19. The van der Waals surface area contributed by atoms with Crippen LogP contribution < -0.4 is 5.32 Å². The molecule has 1 saturated heterocycles. The Balaban J connectivity index is 1.55. The van der Waals surface area contributed by atoms with Gasteiger partial charge < -0.3 is 15.1 Å². The fourth-order valence-electron chi connectivity index (χ4n) is 3.86. The van der Waals surface area contributed by atoms with Crippen LogP contribution in [0.2, 0.25) is 0 Å². The topological polar surface area (TPSA) is 104 Å². The van der Waals surface area contributed by atoms with E-state index in [2.05, 4.69) is 5.32 Å². The third-order valence-electron chi connectivity index (χ3n) is 5.76. The van der Waals surface area contributed by atoms with Crippen molar-refractivity contribution in [3.05, 3.63) is 88.1 Å². The summed E-state index contributed by atoms with van der Waals surface area (Å²) in [4.78, 5) is 42.6. The predicted octanol–water partition coefficient (Wildman–Crippen LogP) is 2.57. The quantitative estimate of drug-likeness (QED) is 0.548. The second-order valence-corrected chi connectivity index (χ2v) is 11.2. The fourth-order valence-corrected chi connectivity index (χ4v) is 6.03. The summed E-state index contributed by atoms with van der Waals surface area (Å²) in [5, 5.41) is 2.48. The predicted molar refractivity (Wildman–Crippen MR) is 133 cm³/mol. The lowest BCUT2D eigenvalue weighted by Gasteiger charge is -2.36. The Bertz CT molecular complexity index is 1320. The first-order valence-electron chi connectivity index (χ1n) is 11.1. The van der Waals surface area contributed by atoms with E-state index in [0.29, 0.717) is 4.88 Å². The first-order chi connectivity index (χ1) is 16.8. The molecule has 1 aliphatic heterocycles. The van der Waals surface area contributed by atoms with E-state index < -0.39 is 27.0 Å². The lowest BCUT2D eigenvalue weighted by Crippen LogP contribution is -2.57. The molecule has 1 aliphatic rings. The summed E-state index contributed by atoms with van der Waals surface area (Å²) in [6.45, 7) is 2.68. The van der Waals surface area contributed by atoms with Crippen LogP contribution in [0.25, 0.3) is 0 Å². The van der Waals surface area contributed by atoms with Gasteiger partial charge in [0, 0.05) is 31.7 Å². The van der Waals surface area contributed by atoms with Gasteiger partial charge in [-0.05, 0) is 42.6 Å². The summed E-state index contributed by atoms with van der Waals surface area (Å²) < 4.78 is 26.9. The van der Waals surface area contributed by atoms with Crippen molar-refractivity contribution in [3.8, 4) is 0 Å². The van der Waals surface area contributed by atoms with Crippen molar-refractivity contribution < 1.29 is 22.8 Å². The maximum Gasteiger partial charge on any atom is 0.264 e. The number of sulfone groups is 1. The summed E-state index contributed by atoms with van der Waals surface area (Å²) in [5.41, 5.74) is 1.09. The maximum atomic E-state index is 13.5. The third kappa shape index (κ3) is 5.44. The first-order valence-corrected chi connectivity index (χ1v) is 13.5. The van der Waals surface area contributed by atoms with E-state index in [9.17, 15) is 22.8 Å². The Kier molecular flexibility index (Phi) is 7.32. The number of hydrogen-bond donors (Lipinski definition) is 1. The number of carbonyl (C=O) groups excluding carboxylic acids is 3. The molecule has 2 aromatic carbocycles. The molecule has 0 saturated carbocycles. The smallest absolute Gasteiger partial charge is 0.264 e. The number of nitrogens with one attached hydrogen (secondary N) is 1. The number of nitrogens with zero attached hydrogens (tertiary/aromatic N) is 2. The number of hydrogen-bond acceptors (Lipinski definition) is 6. The molecule has 1 unspecified atom stereocenters. The Morgan fingerprint density at radius 1 is 0.886 bits per heavy atom. The average Bonchev–Trinajstić information content (AvgIpc) is 3.42. The lowest BCUT2D eigenvalue weighted by molar-refractivity contribution is -0.132. The van der Waals surface area contributed by atoms with Crippen LogP contribution in [0, 0.1) is 6.92 Å². The summed E-state index contributed by atoms with van der Waals surface area (Å²) >= 11 is 1.34. The molecule has 1 aromatic heterocycles. The summed E-state index contributed by atoms with van der Waals surface area (Å²) in [6.07, 6.45) is 0. The molecule has 1 fully saturated rings. The third-order valence-corrected chi connectivity index (χ3v) is 8.49. The standard InChI is InChI=1S/C25H25N3O5S2/c1-18-7-5-8-19(17-18)22(29)26-23(35(32,33)20-9-3-2-4-10-20)25(31)28-14-12-27(13-15-28)24(30)21-11-6-16-34-21/h2-11,16-17,23H,12-15H2,1H3,(H,26,29). The van der Waals surface area contributed by atoms with Gasteiger partial charge in [-0.15, -0.1) is 11.3 Å². The van der Waals surface area contributed by atoms with Crippen molar-refractivity contribution in [1.82, 2.24) is 15.1 Å². The zero-order valence-corrected chi connectivity index (χ0v) is 20.7. The maximum absolute atomic E-state index is 13.5. The molecule has 1 N–H and O–H groups in total. The van der Waals surface area contributed by atoms with Crippen LogP contribution in [0.4, 0.5) is 0 Å². The van der Waals surface area contributed by atoms with Crippen LogP contribution in [-0.2, 0) is 14.6 Å². The average molecular weight is 512 g/mol. The number of benzene rings is 2. The minimum absolute atomic E-state index is 0.0607. The van der Waals surface area contributed by atoms with E-state index in [1.807, 2.05) is 18.4 Å². The van der Waals surface area contributed by atoms with E-state index in [1.165, 1.54) is 28.4 Å². The fraction of sp³-hybridized carbons (Fsp3) is 0.240. The highest BCUT2D eigenvalue weighted by Gasteiger charge is 2.39. The summed E-state index contributed by atoms with van der Waals surface area (Å²) in [5.74, 6) is -1.50. The molecule has 35 heavy (non-hydrogen) atoms. The second-order valence-electron chi connectivity index (χ2n) is 8.18. The van der Waals surface area contributed by atoms with E-state index in [0.717, 1.165) is 5.56 Å². The van der Waals surface area contributed by atoms with Crippen LogP contribution in [0.1, 0.15) is 25.6 Å². The number of aryl methyl sites for hydroxylation is 1. The molecule has 4 rings (SSSR count). The number of rotatable bonds is 6. The van der Waals surface area contributed by atoms with Crippen molar-refractivity contribution >= 4 is 38.9 Å². The highest BCUT2D eigenvalue weighted by atomic mass is 32.2. The van der Waals surface area contributed by atoms with Gasteiger partial charge in [0.05, 0.1) is 9.77 Å². The molecule has 0 bridgehead atoms. The van der Waals surface area contributed by atoms with Crippen LogP contribution in [0.15, 0.2) is 77.0 Å². The van der Waals surface area contributed by atoms with Gasteiger partial charge in [0.1, 0.15) is 0 Å². The van der Waals surface area contributed by atoms with E-state index in [-0.39, 0.29) is 42.5 Å². The van der Waals surface area contributed by atoms with Gasteiger partial charge in [-0.25, -0.2) is 8.42 Å². The van der Waals surface area contributed by atoms with Crippen molar-refractivity contribution in [2.24, 2.45) is 0 Å². The van der Waals surface area contributed by atoms with Gasteiger partial charge in [0.25, 0.3) is 17.7 Å². The molecule has 3 aromatic rings. The van der Waals surface area contributed by atoms with Gasteiger partial charge >= 0.3 is 0 Å². The van der Waals surface area contributed by atoms with Crippen LogP contribution in [-0.4, -0.2) is 67.5 Å². The second kappa shape index (κ2) is 10.4. The monoisotopic (exact) mass is 511 g/mol. The number of amides is 3. The molecule has 182 valence electrons. The largest absolute Gasteiger partial charge is 0.336 e. The van der Waals surface area contributed by atoms with E-state index in [1.54, 1.807) is 53.4 Å². The molecule has 0 aliphatic carbocycles. The summed E-state index contributed by atoms with van der Waals surface area (Å²) in [7, 11) is -4.23. The molecular formula is C25H25N3O5S2. The number of thiophene rings is 1. The lowest BCUT2D eigenvalue weighted by atomic mass is 10.1. The van der Waals surface area contributed by atoms with Gasteiger partial charge in [0.15, 0.2) is 0 Å². The number of piperazine rings is 1. The van der Waals surface area contributed by atoms with Crippen molar-refractivity contribution in [1.29, 1.82) is 0 Å². The normalized spacial score (nSPS) is 14.9. The van der Waals surface area contributed by atoms with E-state index in [4.69, 9.17) is 0 Å². The van der Waals surface area contributed by atoms with Crippen LogP contribution >= 0.6 is 11.3 Å². The number of carbonyl (C=O) groups is 3. The van der Waals surface area contributed by atoms with E-state index >= 15 is 0 Å². The van der Waals surface area contributed by atoms with Gasteiger partial charge in [-0.2, -0.15) is 0 Å². The minimum Gasteiger partial charge on any atom is -0.336 e. The van der Waals surface area contributed by atoms with Crippen molar-refractivity contribution in [3.63, 3.8) is 0 Å². The van der Waals surface area contributed by atoms with Gasteiger partial charge in [0.2, 0.25) is 15.2 Å². The SMILES string of the molecule is Cc1cccc(C(=O)NC(C(=O)N2CCN(C(=O)c3cccs3)CC2)S(=O)(=O)c2ccccc2)c1. The molecule has 10 heteroatoms. The first kappa shape index (κ1) is 24.6. The molecule has 1 atom stereocenters. The van der Waals surface area contributed by atoms with Gasteiger partial charge in [-0.3, -0.25) is 14.4 Å². The minimum atomic E-state index is -4.23. The molecule has 3 amide bonds. The molecular weight excluding hydrogens is 486 g/mol. The highest BCUT2D eigenvalue weighted by molar-refractivity contribution is 7.92.